The van der Waals surface area contributed by atoms with Crippen molar-refractivity contribution < 1.29 is 5.11 Å². The molecule has 1 aromatic rings. The van der Waals surface area contributed by atoms with Gasteiger partial charge in [0.2, 0.25) is 0 Å². The molecule has 0 bridgehead atoms. The molecular weight excluding hydrogens is 246 g/mol. The molecule has 0 saturated carbocycles. The SMILES string of the molecule is Oc1cnn(CC2CCCNC2)c1Br. The molecular formula is C9H14BrN3O. The lowest BCUT2D eigenvalue weighted by atomic mass is 10.00. The van der Waals surface area contributed by atoms with Gasteiger partial charge in [-0.15, -0.1) is 0 Å². The normalized spacial score (nSPS) is 22.5. The Kier molecular flexibility index (Phi) is 3.08. The van der Waals surface area contributed by atoms with Crippen LogP contribution in [0.25, 0.3) is 0 Å². The molecule has 1 unspecified atom stereocenters. The number of aromatic nitrogens is 2. The molecule has 1 fully saturated rings. The van der Waals surface area contributed by atoms with Crippen LogP contribution in [0.5, 0.6) is 5.75 Å². The fourth-order valence-electron chi connectivity index (χ4n) is 1.81. The van der Waals surface area contributed by atoms with Crippen molar-refractivity contribution in [1.29, 1.82) is 0 Å². The van der Waals surface area contributed by atoms with E-state index in [1.54, 1.807) is 0 Å². The second kappa shape index (κ2) is 4.31. The van der Waals surface area contributed by atoms with Crippen molar-refractivity contribution in [3.8, 4) is 5.75 Å². The summed E-state index contributed by atoms with van der Waals surface area (Å²) in [6.45, 7) is 3.04. The first kappa shape index (κ1) is 9.98. The van der Waals surface area contributed by atoms with Gasteiger partial charge in [-0.05, 0) is 47.8 Å². The van der Waals surface area contributed by atoms with Gasteiger partial charge in [0, 0.05) is 6.54 Å². The van der Waals surface area contributed by atoms with E-state index in [0.717, 1.165) is 19.6 Å². The maximum atomic E-state index is 9.32. The van der Waals surface area contributed by atoms with E-state index in [4.69, 9.17) is 0 Å². The summed E-state index contributed by atoms with van der Waals surface area (Å²) < 4.78 is 2.50. The maximum absolute atomic E-state index is 9.32. The Balaban J connectivity index is 1.99. The van der Waals surface area contributed by atoms with Crippen molar-refractivity contribution in [2.75, 3.05) is 13.1 Å². The number of hydrogen-bond acceptors (Lipinski definition) is 3. The first-order chi connectivity index (χ1) is 6.77. The van der Waals surface area contributed by atoms with Crippen molar-refractivity contribution in [2.24, 2.45) is 5.92 Å². The molecule has 0 spiro atoms. The standard InChI is InChI=1S/C9H14BrN3O/c10-9-8(14)5-12-13(9)6-7-2-1-3-11-4-7/h5,7,11,14H,1-4,6H2. The zero-order valence-electron chi connectivity index (χ0n) is 7.91. The summed E-state index contributed by atoms with van der Waals surface area (Å²) in [4.78, 5) is 0. The van der Waals surface area contributed by atoms with Crippen molar-refractivity contribution in [1.82, 2.24) is 15.1 Å². The highest BCUT2D eigenvalue weighted by molar-refractivity contribution is 9.10. The molecule has 0 radical (unpaired) electrons. The third-order valence-corrected chi connectivity index (χ3v) is 3.40. The molecule has 2 heterocycles. The molecule has 5 heteroatoms. The second-order valence-corrected chi connectivity index (χ2v) is 4.47. The van der Waals surface area contributed by atoms with Crippen molar-refractivity contribution >= 4 is 15.9 Å². The fourth-order valence-corrected chi connectivity index (χ4v) is 2.15. The fraction of sp³-hybridized carbons (Fsp3) is 0.667. The highest BCUT2D eigenvalue weighted by Gasteiger charge is 2.16. The topological polar surface area (TPSA) is 50.1 Å². The van der Waals surface area contributed by atoms with E-state index in [-0.39, 0.29) is 5.75 Å². The lowest BCUT2D eigenvalue weighted by Gasteiger charge is -2.22. The van der Waals surface area contributed by atoms with Crippen LogP contribution in [0.15, 0.2) is 10.8 Å². The van der Waals surface area contributed by atoms with Gasteiger partial charge in [0.1, 0.15) is 4.60 Å². The number of halogens is 1. The Morgan fingerprint density at radius 2 is 2.57 bits per heavy atom. The van der Waals surface area contributed by atoms with Gasteiger partial charge in [-0.1, -0.05) is 0 Å². The van der Waals surface area contributed by atoms with Crippen LogP contribution in [-0.2, 0) is 6.54 Å². The van der Waals surface area contributed by atoms with Gasteiger partial charge in [-0.2, -0.15) is 5.10 Å². The summed E-state index contributed by atoms with van der Waals surface area (Å²) in [6.07, 6.45) is 3.94. The molecule has 1 aliphatic rings. The predicted octanol–water partition coefficient (Wildman–Crippen LogP) is 1.35. The largest absolute Gasteiger partial charge is 0.504 e. The highest BCUT2D eigenvalue weighted by atomic mass is 79.9. The summed E-state index contributed by atoms with van der Waals surface area (Å²) >= 11 is 3.31. The minimum absolute atomic E-state index is 0.216. The van der Waals surface area contributed by atoms with E-state index in [2.05, 4.69) is 26.3 Å². The number of hydrogen-bond donors (Lipinski definition) is 2. The lowest BCUT2D eigenvalue weighted by molar-refractivity contribution is 0.322. The molecule has 1 saturated heterocycles. The number of nitrogens with zero attached hydrogens (tertiary/aromatic N) is 2. The first-order valence-corrected chi connectivity index (χ1v) is 5.67. The molecule has 2 rings (SSSR count). The summed E-state index contributed by atoms with van der Waals surface area (Å²) in [6, 6.07) is 0. The van der Waals surface area contributed by atoms with Crippen LogP contribution in [0.2, 0.25) is 0 Å². The molecule has 0 aliphatic carbocycles. The van der Waals surface area contributed by atoms with Gasteiger partial charge in [0.05, 0.1) is 6.20 Å². The summed E-state index contributed by atoms with van der Waals surface area (Å²) in [5, 5.41) is 16.8. The van der Waals surface area contributed by atoms with Crippen LogP contribution in [0.4, 0.5) is 0 Å². The molecule has 4 nitrogen and oxygen atoms in total. The zero-order valence-corrected chi connectivity index (χ0v) is 9.50. The van der Waals surface area contributed by atoms with Gasteiger partial charge in [0.15, 0.2) is 5.75 Å². The smallest absolute Gasteiger partial charge is 0.168 e. The number of nitrogens with one attached hydrogen (secondary N) is 1. The van der Waals surface area contributed by atoms with Gasteiger partial charge in [-0.3, -0.25) is 4.68 Å². The Morgan fingerprint density at radius 1 is 1.71 bits per heavy atom. The third-order valence-electron chi connectivity index (χ3n) is 2.59. The van der Waals surface area contributed by atoms with Crippen LogP contribution >= 0.6 is 15.9 Å². The highest BCUT2D eigenvalue weighted by Crippen LogP contribution is 2.24. The van der Waals surface area contributed by atoms with Crippen LogP contribution in [-0.4, -0.2) is 28.0 Å². The van der Waals surface area contributed by atoms with E-state index in [0.29, 0.717) is 10.5 Å². The summed E-state index contributed by atoms with van der Waals surface area (Å²) in [5.41, 5.74) is 0. The molecule has 1 aromatic heterocycles. The van der Waals surface area contributed by atoms with E-state index in [1.807, 2.05) is 4.68 Å². The van der Waals surface area contributed by atoms with Gasteiger partial charge < -0.3 is 10.4 Å². The molecule has 2 N–H and O–H groups in total. The molecule has 1 aliphatic heterocycles. The monoisotopic (exact) mass is 259 g/mol. The van der Waals surface area contributed by atoms with Crippen LogP contribution < -0.4 is 5.32 Å². The molecule has 0 aromatic carbocycles. The zero-order chi connectivity index (χ0) is 9.97. The number of rotatable bonds is 2. The van der Waals surface area contributed by atoms with E-state index in [1.165, 1.54) is 19.0 Å². The lowest BCUT2D eigenvalue weighted by Crippen LogP contribution is -2.32. The molecule has 78 valence electrons. The Morgan fingerprint density at radius 3 is 3.14 bits per heavy atom. The van der Waals surface area contributed by atoms with Crippen molar-refractivity contribution in [3.63, 3.8) is 0 Å². The van der Waals surface area contributed by atoms with E-state index >= 15 is 0 Å². The van der Waals surface area contributed by atoms with Crippen LogP contribution in [0.3, 0.4) is 0 Å². The summed E-state index contributed by atoms with van der Waals surface area (Å²) in [5.74, 6) is 0.841. The molecule has 1 atom stereocenters. The Bertz CT molecular complexity index is 307. The van der Waals surface area contributed by atoms with Crippen LogP contribution in [0.1, 0.15) is 12.8 Å². The Hall–Kier alpha value is -0.550. The maximum Gasteiger partial charge on any atom is 0.168 e. The minimum Gasteiger partial charge on any atom is -0.504 e. The predicted molar refractivity (Wildman–Crippen MR) is 57.2 cm³/mol. The minimum atomic E-state index is 0.216. The van der Waals surface area contributed by atoms with Gasteiger partial charge in [-0.25, -0.2) is 0 Å². The van der Waals surface area contributed by atoms with E-state index in [9.17, 15) is 5.11 Å². The average Bonchev–Trinajstić information content (AvgIpc) is 2.52. The second-order valence-electron chi connectivity index (χ2n) is 3.72. The molecule has 14 heavy (non-hydrogen) atoms. The van der Waals surface area contributed by atoms with Gasteiger partial charge in [0.25, 0.3) is 0 Å². The van der Waals surface area contributed by atoms with E-state index < -0.39 is 0 Å². The molecule has 0 amide bonds. The van der Waals surface area contributed by atoms with Gasteiger partial charge >= 0.3 is 0 Å². The quantitative estimate of drug-likeness (QED) is 0.843. The number of piperidine rings is 1. The number of aromatic hydroxyl groups is 1. The van der Waals surface area contributed by atoms with Crippen molar-refractivity contribution in [2.45, 2.75) is 19.4 Å². The third kappa shape index (κ3) is 2.09. The van der Waals surface area contributed by atoms with Crippen LogP contribution in [0, 0.1) is 5.92 Å². The van der Waals surface area contributed by atoms with Crippen molar-refractivity contribution in [3.05, 3.63) is 10.8 Å². The Labute approximate surface area is 91.4 Å². The first-order valence-electron chi connectivity index (χ1n) is 4.88. The summed E-state index contributed by atoms with van der Waals surface area (Å²) in [7, 11) is 0. The average molecular weight is 260 g/mol.